The molecule has 4 rings (SSSR count). The minimum Gasteiger partial charge on any atom is -0.339 e. The number of nitrogens with one attached hydrogen (secondary N) is 2. The van der Waals surface area contributed by atoms with Gasteiger partial charge in [-0.1, -0.05) is 0 Å². The molecule has 12 heteroatoms. The van der Waals surface area contributed by atoms with Gasteiger partial charge >= 0.3 is 6.03 Å². The van der Waals surface area contributed by atoms with Gasteiger partial charge in [0.05, 0.1) is 5.69 Å². The fourth-order valence-corrected chi connectivity index (χ4v) is 3.20. The summed E-state index contributed by atoms with van der Waals surface area (Å²) >= 11 is 0. The smallest absolute Gasteiger partial charge is 0.319 e. The van der Waals surface area contributed by atoms with Gasteiger partial charge in [0, 0.05) is 57.2 Å². The van der Waals surface area contributed by atoms with Crippen molar-refractivity contribution in [3.63, 3.8) is 0 Å². The number of hydrogen-bond donors (Lipinski definition) is 2. The Morgan fingerprint density at radius 3 is 2.42 bits per heavy atom. The molecule has 3 aromatic rings. The Hall–Kier alpha value is -4.09. The average Bonchev–Trinajstić information content (AvgIpc) is 3.35. The number of rotatable bonds is 6. The summed E-state index contributed by atoms with van der Waals surface area (Å²) in [4.78, 5) is 36.8. The molecule has 1 aliphatic heterocycles. The first-order valence-corrected chi connectivity index (χ1v) is 9.87. The van der Waals surface area contributed by atoms with E-state index in [9.17, 15) is 9.59 Å². The third kappa shape index (κ3) is 5.29. The summed E-state index contributed by atoms with van der Waals surface area (Å²) < 4.78 is 1.52. The molecule has 2 aromatic heterocycles. The summed E-state index contributed by atoms with van der Waals surface area (Å²) in [5.74, 6) is 0.693. The fourth-order valence-electron chi connectivity index (χ4n) is 3.20. The second-order valence-corrected chi connectivity index (χ2v) is 6.85. The molecule has 0 saturated carbocycles. The van der Waals surface area contributed by atoms with E-state index in [1.54, 1.807) is 47.6 Å². The van der Waals surface area contributed by atoms with Gasteiger partial charge in [-0.15, -0.1) is 5.10 Å². The van der Waals surface area contributed by atoms with Crippen LogP contribution in [0.5, 0.6) is 0 Å². The number of carbonyl (C=O) groups excluding carboxylic acids is 2. The first-order valence-electron chi connectivity index (χ1n) is 9.87. The molecule has 1 fully saturated rings. The van der Waals surface area contributed by atoms with E-state index in [1.807, 2.05) is 0 Å². The van der Waals surface area contributed by atoms with Crippen LogP contribution in [0.1, 0.15) is 6.42 Å². The van der Waals surface area contributed by atoms with Crippen molar-refractivity contribution in [3.05, 3.63) is 49.1 Å². The number of benzene rings is 1. The van der Waals surface area contributed by atoms with E-state index in [2.05, 4.69) is 41.0 Å². The van der Waals surface area contributed by atoms with Crippen molar-refractivity contribution in [2.24, 2.45) is 0 Å². The van der Waals surface area contributed by atoms with Crippen molar-refractivity contribution in [2.75, 3.05) is 42.9 Å². The minimum atomic E-state index is -0.367. The van der Waals surface area contributed by atoms with Crippen LogP contribution in [-0.2, 0) is 4.79 Å². The van der Waals surface area contributed by atoms with Crippen LogP contribution in [0.4, 0.5) is 16.4 Å². The third-order valence-electron chi connectivity index (χ3n) is 4.83. The van der Waals surface area contributed by atoms with E-state index in [1.165, 1.54) is 11.0 Å². The molecule has 0 bridgehead atoms. The molecule has 1 aliphatic rings. The molecule has 0 radical (unpaired) electrons. The highest BCUT2D eigenvalue weighted by Gasteiger charge is 2.22. The Balaban J connectivity index is 1.16. The van der Waals surface area contributed by atoms with Gasteiger partial charge in [-0.25, -0.2) is 19.4 Å². The summed E-state index contributed by atoms with van der Waals surface area (Å²) in [6.07, 6.45) is 5.15. The van der Waals surface area contributed by atoms with Crippen LogP contribution in [-0.4, -0.2) is 79.7 Å². The van der Waals surface area contributed by atoms with Gasteiger partial charge in [0.1, 0.15) is 6.33 Å². The monoisotopic (exact) mass is 422 g/mol. The fraction of sp³-hybridized carbons (Fsp3) is 0.316. The van der Waals surface area contributed by atoms with Crippen LogP contribution < -0.4 is 15.5 Å². The zero-order valence-corrected chi connectivity index (χ0v) is 16.8. The van der Waals surface area contributed by atoms with Gasteiger partial charge in [-0.05, 0) is 40.8 Å². The molecule has 2 N–H and O–H groups in total. The molecule has 31 heavy (non-hydrogen) atoms. The Labute approximate surface area is 178 Å². The standard InChI is InChI=1S/C19H22N10O2/c30-17(27-10-12-28(13-11-27)18-20-7-1-8-21-18)6-9-22-19(31)24-15-2-4-16(5-3-15)29-14-23-25-26-29/h1-5,7-8,14H,6,9-13H2,(H2,22,24,31). The number of urea groups is 1. The zero-order valence-electron chi connectivity index (χ0n) is 16.8. The van der Waals surface area contributed by atoms with Gasteiger partial charge in [0.15, 0.2) is 0 Å². The second-order valence-electron chi connectivity index (χ2n) is 6.85. The molecule has 160 valence electrons. The molecule has 3 amide bonds. The number of piperazine rings is 1. The van der Waals surface area contributed by atoms with Crippen molar-refractivity contribution < 1.29 is 9.59 Å². The quantitative estimate of drug-likeness (QED) is 0.580. The predicted octanol–water partition coefficient (Wildman–Crippen LogP) is 0.313. The molecule has 12 nitrogen and oxygen atoms in total. The molecule has 0 atom stereocenters. The molecule has 3 heterocycles. The van der Waals surface area contributed by atoms with Gasteiger partial charge in [0.25, 0.3) is 0 Å². The Kier molecular flexibility index (Phi) is 6.26. The van der Waals surface area contributed by atoms with Crippen molar-refractivity contribution >= 4 is 23.6 Å². The van der Waals surface area contributed by atoms with Crippen molar-refractivity contribution in [1.29, 1.82) is 0 Å². The summed E-state index contributed by atoms with van der Waals surface area (Å²) in [6, 6.07) is 8.48. The van der Waals surface area contributed by atoms with Crippen molar-refractivity contribution in [3.8, 4) is 5.69 Å². The van der Waals surface area contributed by atoms with E-state index in [0.29, 0.717) is 37.8 Å². The highest BCUT2D eigenvalue weighted by molar-refractivity contribution is 5.89. The molecular weight excluding hydrogens is 400 g/mol. The minimum absolute atomic E-state index is 0.0136. The third-order valence-corrected chi connectivity index (χ3v) is 4.83. The first-order chi connectivity index (χ1) is 15.2. The van der Waals surface area contributed by atoms with Crippen LogP contribution >= 0.6 is 0 Å². The average molecular weight is 422 g/mol. The Morgan fingerprint density at radius 2 is 1.74 bits per heavy atom. The molecule has 1 aromatic carbocycles. The maximum absolute atomic E-state index is 12.4. The number of carbonyl (C=O) groups is 2. The summed E-state index contributed by atoms with van der Waals surface area (Å²) in [7, 11) is 0. The predicted molar refractivity (Wildman–Crippen MR) is 112 cm³/mol. The topological polar surface area (TPSA) is 134 Å². The molecule has 0 spiro atoms. The van der Waals surface area contributed by atoms with E-state index in [4.69, 9.17) is 0 Å². The maximum Gasteiger partial charge on any atom is 0.319 e. The number of aromatic nitrogens is 6. The first kappa shape index (κ1) is 20.2. The van der Waals surface area contributed by atoms with Crippen LogP contribution in [0.25, 0.3) is 5.69 Å². The number of amides is 3. The van der Waals surface area contributed by atoms with Crippen LogP contribution in [0.3, 0.4) is 0 Å². The molecule has 0 unspecified atom stereocenters. The van der Waals surface area contributed by atoms with Gasteiger partial charge < -0.3 is 20.4 Å². The van der Waals surface area contributed by atoms with E-state index < -0.39 is 0 Å². The summed E-state index contributed by atoms with van der Waals surface area (Å²) in [5, 5.41) is 16.4. The zero-order chi connectivity index (χ0) is 21.5. The Bertz CT molecular complexity index is 986. The highest BCUT2D eigenvalue weighted by atomic mass is 16.2. The van der Waals surface area contributed by atoms with Crippen LogP contribution in [0, 0.1) is 0 Å². The summed E-state index contributed by atoms with van der Waals surface area (Å²) in [6.45, 7) is 2.85. The number of hydrogen-bond acceptors (Lipinski definition) is 8. The lowest BCUT2D eigenvalue weighted by molar-refractivity contribution is -0.131. The highest BCUT2D eigenvalue weighted by Crippen LogP contribution is 2.12. The van der Waals surface area contributed by atoms with Gasteiger partial charge in [-0.3, -0.25) is 4.79 Å². The lowest BCUT2D eigenvalue weighted by atomic mass is 10.2. The lowest BCUT2D eigenvalue weighted by Gasteiger charge is -2.34. The molecular formula is C19H22N10O2. The van der Waals surface area contributed by atoms with Crippen molar-refractivity contribution in [2.45, 2.75) is 6.42 Å². The second kappa shape index (κ2) is 9.61. The number of tetrazole rings is 1. The SMILES string of the molecule is O=C(NCCC(=O)N1CCN(c2ncccn2)CC1)Nc1ccc(-n2cnnn2)cc1. The number of anilines is 2. The largest absolute Gasteiger partial charge is 0.339 e. The van der Waals surface area contributed by atoms with Gasteiger partial charge in [0.2, 0.25) is 11.9 Å². The molecule has 0 aliphatic carbocycles. The Morgan fingerprint density at radius 1 is 1.00 bits per heavy atom. The van der Waals surface area contributed by atoms with Crippen LogP contribution in [0.2, 0.25) is 0 Å². The van der Waals surface area contributed by atoms with Gasteiger partial charge in [-0.2, -0.15) is 0 Å². The van der Waals surface area contributed by atoms with E-state index in [-0.39, 0.29) is 24.9 Å². The van der Waals surface area contributed by atoms with Crippen molar-refractivity contribution in [1.82, 2.24) is 40.4 Å². The van der Waals surface area contributed by atoms with E-state index >= 15 is 0 Å². The number of nitrogens with zero attached hydrogens (tertiary/aromatic N) is 8. The van der Waals surface area contributed by atoms with Crippen LogP contribution in [0.15, 0.2) is 49.1 Å². The maximum atomic E-state index is 12.4. The summed E-state index contributed by atoms with van der Waals surface area (Å²) in [5.41, 5.74) is 1.40. The molecule has 1 saturated heterocycles. The van der Waals surface area contributed by atoms with E-state index in [0.717, 1.165) is 5.69 Å². The lowest BCUT2D eigenvalue weighted by Crippen LogP contribution is -2.49. The normalized spacial score (nSPS) is 13.7.